The maximum atomic E-state index is 12.7. The highest BCUT2D eigenvalue weighted by atomic mass is 31.2. The minimum absolute atomic E-state index is 0.515. The zero-order valence-electron chi connectivity index (χ0n) is 15.1. The van der Waals surface area contributed by atoms with Gasteiger partial charge in [-0.15, -0.1) is 0 Å². The van der Waals surface area contributed by atoms with E-state index in [4.69, 9.17) is 13.8 Å². The zero-order valence-corrected chi connectivity index (χ0v) is 16.0. The molecule has 0 saturated carbocycles. The van der Waals surface area contributed by atoms with Gasteiger partial charge in [-0.05, 0) is 31.6 Å². The Bertz CT molecular complexity index is 284. The lowest BCUT2D eigenvalue weighted by Crippen LogP contribution is -2.07. The van der Waals surface area contributed by atoms with E-state index in [0.29, 0.717) is 25.3 Å². The van der Waals surface area contributed by atoms with Crippen molar-refractivity contribution < 1.29 is 18.3 Å². The SMILES string of the molecule is CCCCCCOP(=O)(CCCC)OCCC(C)CCOC. The Morgan fingerprint density at radius 1 is 0.864 bits per heavy atom. The van der Waals surface area contributed by atoms with Crippen molar-refractivity contribution in [3.05, 3.63) is 0 Å². The molecule has 5 heteroatoms. The molecule has 22 heavy (non-hydrogen) atoms. The predicted molar refractivity (Wildman–Crippen MR) is 93.7 cm³/mol. The first-order valence-electron chi connectivity index (χ1n) is 8.95. The summed E-state index contributed by atoms with van der Waals surface area (Å²) < 4.78 is 29.1. The molecule has 0 heterocycles. The highest BCUT2D eigenvalue weighted by molar-refractivity contribution is 7.53. The van der Waals surface area contributed by atoms with E-state index >= 15 is 0 Å². The van der Waals surface area contributed by atoms with Crippen LogP contribution >= 0.6 is 7.60 Å². The second kappa shape index (κ2) is 14.7. The van der Waals surface area contributed by atoms with Crippen molar-refractivity contribution in [2.45, 2.75) is 72.1 Å². The molecule has 0 bridgehead atoms. The molecule has 0 aliphatic carbocycles. The molecule has 0 N–H and O–H groups in total. The molecule has 0 spiro atoms. The summed E-state index contributed by atoms with van der Waals surface area (Å²) in [5, 5.41) is 0. The summed E-state index contributed by atoms with van der Waals surface area (Å²) in [4.78, 5) is 0. The first-order chi connectivity index (χ1) is 10.6. The van der Waals surface area contributed by atoms with E-state index in [2.05, 4.69) is 20.8 Å². The van der Waals surface area contributed by atoms with Crippen LogP contribution in [-0.2, 0) is 18.3 Å². The molecule has 0 aliphatic heterocycles. The quantitative estimate of drug-likeness (QED) is 0.270. The van der Waals surface area contributed by atoms with Crippen LogP contribution in [0.15, 0.2) is 0 Å². The van der Waals surface area contributed by atoms with Crippen molar-refractivity contribution in [2.75, 3.05) is 33.1 Å². The smallest absolute Gasteiger partial charge is 0.330 e. The molecule has 2 unspecified atom stereocenters. The minimum Gasteiger partial charge on any atom is -0.385 e. The van der Waals surface area contributed by atoms with Crippen LogP contribution in [0, 0.1) is 5.92 Å². The van der Waals surface area contributed by atoms with E-state index < -0.39 is 7.60 Å². The number of hydrogen-bond donors (Lipinski definition) is 0. The van der Waals surface area contributed by atoms with Gasteiger partial charge in [-0.1, -0.05) is 46.5 Å². The van der Waals surface area contributed by atoms with Gasteiger partial charge in [-0.25, -0.2) is 0 Å². The van der Waals surface area contributed by atoms with Crippen molar-refractivity contribution in [2.24, 2.45) is 5.92 Å². The van der Waals surface area contributed by atoms with Crippen LogP contribution in [0.2, 0.25) is 0 Å². The number of rotatable bonds is 16. The van der Waals surface area contributed by atoms with Crippen molar-refractivity contribution >= 4 is 7.60 Å². The molecule has 0 rings (SSSR count). The number of ether oxygens (including phenoxy) is 1. The Balaban J connectivity index is 4.05. The predicted octanol–water partition coefficient (Wildman–Crippen LogP) is 5.66. The molecule has 0 aliphatic rings. The van der Waals surface area contributed by atoms with Crippen LogP contribution in [-0.4, -0.2) is 33.1 Å². The fraction of sp³-hybridized carbons (Fsp3) is 1.00. The molecule has 0 aromatic rings. The van der Waals surface area contributed by atoms with Gasteiger partial charge >= 0.3 is 7.60 Å². The average Bonchev–Trinajstić information content (AvgIpc) is 2.51. The second-order valence-corrected chi connectivity index (χ2v) is 8.28. The maximum absolute atomic E-state index is 12.7. The minimum atomic E-state index is -2.90. The van der Waals surface area contributed by atoms with Crippen LogP contribution in [0.25, 0.3) is 0 Å². The van der Waals surface area contributed by atoms with Crippen molar-refractivity contribution in [1.29, 1.82) is 0 Å². The topological polar surface area (TPSA) is 44.8 Å². The van der Waals surface area contributed by atoms with Gasteiger partial charge in [0, 0.05) is 13.7 Å². The van der Waals surface area contributed by atoms with E-state index in [1.54, 1.807) is 7.11 Å². The summed E-state index contributed by atoms with van der Waals surface area (Å²) in [6.07, 6.45) is 8.88. The summed E-state index contributed by atoms with van der Waals surface area (Å²) >= 11 is 0. The van der Waals surface area contributed by atoms with Crippen molar-refractivity contribution in [3.63, 3.8) is 0 Å². The first kappa shape index (κ1) is 22.1. The lowest BCUT2D eigenvalue weighted by Gasteiger charge is -2.19. The third-order valence-corrected chi connectivity index (χ3v) is 5.80. The summed E-state index contributed by atoms with van der Waals surface area (Å²) in [5.41, 5.74) is 0. The van der Waals surface area contributed by atoms with E-state index in [1.807, 2.05) is 0 Å². The van der Waals surface area contributed by atoms with Gasteiger partial charge in [0.05, 0.1) is 19.4 Å². The number of hydrogen-bond acceptors (Lipinski definition) is 4. The molecule has 0 aromatic heterocycles. The Labute approximate surface area is 137 Å². The van der Waals surface area contributed by atoms with E-state index in [0.717, 1.165) is 45.1 Å². The Kier molecular flexibility index (Phi) is 14.8. The molecule has 2 atom stereocenters. The van der Waals surface area contributed by atoms with Crippen LogP contribution in [0.1, 0.15) is 72.1 Å². The molecule has 0 fully saturated rings. The van der Waals surface area contributed by atoms with Gasteiger partial charge in [-0.2, -0.15) is 0 Å². The Hall–Kier alpha value is 0.110. The molecule has 0 radical (unpaired) electrons. The normalized spacial score (nSPS) is 15.6. The van der Waals surface area contributed by atoms with E-state index in [9.17, 15) is 4.57 Å². The van der Waals surface area contributed by atoms with Crippen LogP contribution in [0.4, 0.5) is 0 Å². The van der Waals surface area contributed by atoms with Gasteiger partial charge < -0.3 is 13.8 Å². The van der Waals surface area contributed by atoms with Crippen molar-refractivity contribution in [3.8, 4) is 0 Å². The van der Waals surface area contributed by atoms with Gasteiger partial charge in [0.2, 0.25) is 0 Å². The lowest BCUT2D eigenvalue weighted by atomic mass is 10.1. The molecule has 4 nitrogen and oxygen atoms in total. The summed E-state index contributed by atoms with van der Waals surface area (Å²) in [5.74, 6) is 0.518. The van der Waals surface area contributed by atoms with E-state index in [-0.39, 0.29) is 0 Å². The number of methoxy groups -OCH3 is 1. The third-order valence-electron chi connectivity index (χ3n) is 3.78. The van der Waals surface area contributed by atoms with Gasteiger partial charge in [0.25, 0.3) is 0 Å². The summed E-state index contributed by atoms with van der Waals surface area (Å²) in [6.45, 7) is 8.29. The Morgan fingerprint density at radius 2 is 1.50 bits per heavy atom. The molecule has 134 valence electrons. The molecular weight excluding hydrogens is 299 g/mol. The largest absolute Gasteiger partial charge is 0.385 e. The van der Waals surface area contributed by atoms with Crippen LogP contribution < -0.4 is 0 Å². The first-order valence-corrected chi connectivity index (χ1v) is 10.7. The van der Waals surface area contributed by atoms with Crippen LogP contribution in [0.5, 0.6) is 0 Å². The Morgan fingerprint density at radius 3 is 2.14 bits per heavy atom. The highest BCUT2D eigenvalue weighted by Gasteiger charge is 2.23. The molecule has 0 amide bonds. The molecular formula is C17H37O4P. The molecule has 0 aromatic carbocycles. The van der Waals surface area contributed by atoms with Gasteiger partial charge in [-0.3, -0.25) is 4.57 Å². The van der Waals surface area contributed by atoms with E-state index in [1.165, 1.54) is 12.8 Å². The standard InChI is InChI=1S/C17H37O4P/c1-5-7-9-10-13-20-22(18,16-8-6-2)21-15-12-17(3)11-14-19-4/h17H,5-16H2,1-4H3. The molecule has 0 saturated heterocycles. The zero-order chi connectivity index (χ0) is 16.7. The summed E-state index contributed by atoms with van der Waals surface area (Å²) in [7, 11) is -1.18. The average molecular weight is 336 g/mol. The van der Waals surface area contributed by atoms with Crippen LogP contribution in [0.3, 0.4) is 0 Å². The van der Waals surface area contributed by atoms with Crippen molar-refractivity contribution in [1.82, 2.24) is 0 Å². The third kappa shape index (κ3) is 12.6. The van der Waals surface area contributed by atoms with Gasteiger partial charge in [0.15, 0.2) is 0 Å². The lowest BCUT2D eigenvalue weighted by molar-refractivity contribution is 0.163. The number of unbranched alkanes of at least 4 members (excludes halogenated alkanes) is 4. The maximum Gasteiger partial charge on any atom is 0.330 e. The van der Waals surface area contributed by atoms with Gasteiger partial charge in [0.1, 0.15) is 0 Å². The summed E-state index contributed by atoms with van der Waals surface area (Å²) in [6, 6.07) is 0. The second-order valence-electron chi connectivity index (χ2n) is 6.09. The monoisotopic (exact) mass is 336 g/mol. The fourth-order valence-corrected chi connectivity index (χ4v) is 3.93. The fourth-order valence-electron chi connectivity index (χ4n) is 2.11. The highest BCUT2D eigenvalue weighted by Crippen LogP contribution is 2.49.